The summed E-state index contributed by atoms with van der Waals surface area (Å²) in [5.74, 6) is -1.15. The number of furan rings is 1. The highest BCUT2D eigenvalue weighted by molar-refractivity contribution is 7.80. The maximum Gasteiger partial charge on any atom is 0.315 e. The minimum absolute atomic E-state index is 0.193. The van der Waals surface area contributed by atoms with Crippen molar-refractivity contribution in [2.75, 3.05) is 5.75 Å². The van der Waals surface area contributed by atoms with Gasteiger partial charge in [-0.2, -0.15) is 12.6 Å². The molecule has 0 saturated carbocycles. The molecule has 0 aliphatic heterocycles. The summed E-state index contributed by atoms with van der Waals surface area (Å²) in [5.41, 5.74) is 0. The van der Waals surface area contributed by atoms with Crippen LogP contribution in [0.1, 0.15) is 11.7 Å². The van der Waals surface area contributed by atoms with Gasteiger partial charge in [0, 0.05) is 5.75 Å². The fourth-order valence-electron chi connectivity index (χ4n) is 0.805. The number of halogens is 1. The van der Waals surface area contributed by atoms with E-state index in [0.717, 1.165) is 0 Å². The Labute approximate surface area is 79.7 Å². The van der Waals surface area contributed by atoms with E-state index in [-0.39, 0.29) is 11.0 Å². The number of carboxylic acids is 1. The van der Waals surface area contributed by atoms with Crippen molar-refractivity contribution in [1.82, 2.24) is 0 Å². The van der Waals surface area contributed by atoms with Gasteiger partial charge in [0.1, 0.15) is 11.7 Å². The van der Waals surface area contributed by atoms with Gasteiger partial charge < -0.3 is 9.52 Å². The molecule has 0 saturated heterocycles. The summed E-state index contributed by atoms with van der Waals surface area (Å²) in [5, 5.41) is 8.88. The molecule has 66 valence electrons. The van der Waals surface area contributed by atoms with E-state index in [9.17, 15) is 4.79 Å². The van der Waals surface area contributed by atoms with Crippen LogP contribution in [0.15, 0.2) is 16.5 Å². The van der Waals surface area contributed by atoms with Crippen LogP contribution in [-0.2, 0) is 4.79 Å². The Bertz CT molecular complexity index is 284. The second-order valence-corrected chi connectivity index (χ2v) is 2.95. The second kappa shape index (κ2) is 3.87. The number of rotatable bonds is 3. The quantitative estimate of drug-likeness (QED) is 0.745. The molecule has 1 N–H and O–H groups in total. The maximum absolute atomic E-state index is 10.6. The van der Waals surface area contributed by atoms with Crippen molar-refractivity contribution < 1.29 is 14.3 Å². The molecule has 1 heterocycles. The van der Waals surface area contributed by atoms with Crippen LogP contribution in [-0.4, -0.2) is 16.8 Å². The third kappa shape index (κ3) is 1.95. The van der Waals surface area contributed by atoms with E-state index in [1.165, 1.54) is 12.1 Å². The summed E-state index contributed by atoms with van der Waals surface area (Å²) < 4.78 is 4.93. The van der Waals surface area contributed by atoms with Crippen molar-refractivity contribution in [2.45, 2.75) is 5.92 Å². The van der Waals surface area contributed by atoms with Crippen molar-refractivity contribution in [1.29, 1.82) is 0 Å². The van der Waals surface area contributed by atoms with E-state index in [0.29, 0.717) is 5.76 Å². The zero-order chi connectivity index (χ0) is 9.14. The average Bonchev–Trinajstić information content (AvgIpc) is 2.37. The molecule has 1 rings (SSSR count). The molecule has 0 amide bonds. The van der Waals surface area contributed by atoms with Gasteiger partial charge in [0.25, 0.3) is 0 Å². The first kappa shape index (κ1) is 9.48. The Balaban J connectivity index is 2.87. The minimum Gasteiger partial charge on any atom is -0.481 e. The van der Waals surface area contributed by atoms with Crippen LogP contribution in [0.5, 0.6) is 0 Å². The number of carbonyl (C=O) groups is 1. The predicted molar refractivity (Wildman–Crippen MR) is 47.9 cm³/mol. The largest absolute Gasteiger partial charge is 0.481 e. The molecule has 1 atom stereocenters. The number of carboxylic acid groups (broad SMARTS) is 1. The first-order valence-corrected chi connectivity index (χ1v) is 4.25. The van der Waals surface area contributed by atoms with E-state index >= 15 is 0 Å². The zero-order valence-corrected chi connectivity index (χ0v) is 7.68. The zero-order valence-electron chi connectivity index (χ0n) is 6.03. The Morgan fingerprint density at radius 2 is 2.42 bits per heavy atom. The van der Waals surface area contributed by atoms with Crippen LogP contribution in [0.4, 0.5) is 0 Å². The summed E-state index contributed by atoms with van der Waals surface area (Å²) in [6.07, 6.45) is 0. The monoisotopic (exact) mass is 206 g/mol. The fraction of sp³-hybridized carbons (Fsp3) is 0.286. The fourth-order valence-corrected chi connectivity index (χ4v) is 1.29. The first-order valence-electron chi connectivity index (χ1n) is 3.24. The molecular weight excluding hydrogens is 200 g/mol. The average molecular weight is 207 g/mol. The van der Waals surface area contributed by atoms with Crippen molar-refractivity contribution in [3.05, 3.63) is 23.1 Å². The second-order valence-electron chi connectivity index (χ2n) is 2.22. The number of hydrogen-bond donors (Lipinski definition) is 2. The molecular formula is C7H7ClO3S. The van der Waals surface area contributed by atoms with Gasteiger partial charge in [-0.05, 0) is 23.7 Å². The Morgan fingerprint density at radius 3 is 2.75 bits per heavy atom. The molecule has 12 heavy (non-hydrogen) atoms. The van der Waals surface area contributed by atoms with E-state index in [1.807, 2.05) is 0 Å². The third-order valence-corrected chi connectivity index (χ3v) is 1.99. The first-order chi connectivity index (χ1) is 5.65. The number of hydrogen-bond acceptors (Lipinski definition) is 3. The molecule has 0 aliphatic rings. The molecule has 0 bridgehead atoms. The normalized spacial score (nSPS) is 12.8. The standard InChI is InChI=1S/C7H7ClO3S/c8-6-2-1-5(11-6)4(3-12)7(9)10/h1-2,4,12H,3H2,(H,9,10). The van der Waals surface area contributed by atoms with Gasteiger partial charge >= 0.3 is 5.97 Å². The van der Waals surface area contributed by atoms with Gasteiger partial charge in [0.05, 0.1) is 0 Å². The third-order valence-electron chi connectivity index (χ3n) is 1.42. The van der Waals surface area contributed by atoms with Crippen molar-refractivity contribution in [3.63, 3.8) is 0 Å². The molecule has 0 aromatic carbocycles. The molecule has 3 nitrogen and oxygen atoms in total. The van der Waals surface area contributed by atoms with Gasteiger partial charge in [-0.25, -0.2) is 0 Å². The van der Waals surface area contributed by atoms with Crippen LogP contribution in [0.25, 0.3) is 0 Å². The predicted octanol–water partition coefficient (Wildman–Crippen LogP) is 2.03. The Kier molecular flexibility index (Phi) is 3.05. The van der Waals surface area contributed by atoms with Crippen molar-refractivity contribution in [3.8, 4) is 0 Å². The van der Waals surface area contributed by atoms with Gasteiger partial charge in [0.15, 0.2) is 5.22 Å². The lowest BCUT2D eigenvalue weighted by Crippen LogP contribution is -2.11. The number of aliphatic carboxylic acids is 1. The van der Waals surface area contributed by atoms with Crippen LogP contribution in [0.3, 0.4) is 0 Å². The van der Waals surface area contributed by atoms with E-state index in [1.54, 1.807) is 0 Å². The molecule has 0 aliphatic carbocycles. The van der Waals surface area contributed by atoms with E-state index in [2.05, 4.69) is 12.6 Å². The Hall–Kier alpha value is -0.610. The van der Waals surface area contributed by atoms with Crippen molar-refractivity contribution in [2.24, 2.45) is 0 Å². The molecule has 0 fully saturated rings. The van der Waals surface area contributed by atoms with Gasteiger partial charge in [-0.1, -0.05) is 0 Å². The summed E-state index contributed by atoms with van der Waals surface area (Å²) in [4.78, 5) is 10.6. The lowest BCUT2D eigenvalue weighted by atomic mass is 10.1. The van der Waals surface area contributed by atoms with Crippen molar-refractivity contribution >= 4 is 30.2 Å². The van der Waals surface area contributed by atoms with Gasteiger partial charge in [0.2, 0.25) is 0 Å². The molecule has 1 aromatic heterocycles. The van der Waals surface area contributed by atoms with Gasteiger partial charge in [-0.3, -0.25) is 4.79 Å². The highest BCUT2D eigenvalue weighted by atomic mass is 35.5. The number of thiol groups is 1. The summed E-state index contributed by atoms with van der Waals surface area (Å²) in [6, 6.07) is 3.05. The summed E-state index contributed by atoms with van der Waals surface area (Å²) in [6.45, 7) is 0. The highest BCUT2D eigenvalue weighted by Gasteiger charge is 2.21. The van der Waals surface area contributed by atoms with Crippen LogP contribution in [0.2, 0.25) is 5.22 Å². The maximum atomic E-state index is 10.6. The SMILES string of the molecule is O=C(O)C(CS)c1ccc(Cl)o1. The molecule has 1 unspecified atom stereocenters. The topological polar surface area (TPSA) is 50.4 Å². The molecule has 5 heteroatoms. The minimum atomic E-state index is -0.962. The molecule has 1 aromatic rings. The van der Waals surface area contributed by atoms with E-state index in [4.69, 9.17) is 21.1 Å². The molecule has 0 radical (unpaired) electrons. The summed E-state index contributed by atoms with van der Waals surface area (Å²) in [7, 11) is 0. The highest BCUT2D eigenvalue weighted by Crippen LogP contribution is 2.22. The molecule has 0 spiro atoms. The van der Waals surface area contributed by atoms with Crippen LogP contribution < -0.4 is 0 Å². The Morgan fingerprint density at radius 1 is 1.75 bits per heavy atom. The van der Waals surface area contributed by atoms with Crippen LogP contribution in [0, 0.1) is 0 Å². The van der Waals surface area contributed by atoms with Crippen LogP contribution >= 0.6 is 24.2 Å². The summed E-state index contributed by atoms with van der Waals surface area (Å²) >= 11 is 9.37. The van der Waals surface area contributed by atoms with E-state index < -0.39 is 11.9 Å². The lowest BCUT2D eigenvalue weighted by molar-refractivity contribution is -0.138. The lowest BCUT2D eigenvalue weighted by Gasteiger charge is -2.03. The van der Waals surface area contributed by atoms with Gasteiger partial charge in [-0.15, -0.1) is 0 Å². The smallest absolute Gasteiger partial charge is 0.315 e.